The van der Waals surface area contributed by atoms with Gasteiger partial charge in [-0.2, -0.15) is 0 Å². The van der Waals surface area contributed by atoms with Crippen LogP contribution >= 0.6 is 0 Å². The highest BCUT2D eigenvalue weighted by atomic mass is 16.2. The van der Waals surface area contributed by atoms with E-state index in [4.69, 9.17) is 0 Å². The molecule has 3 heteroatoms. The number of rotatable bonds is 3. The molecule has 0 spiro atoms. The average molecular weight is 250 g/mol. The zero-order chi connectivity index (χ0) is 12.5. The molecular formula is C15H26N2O. The maximum atomic E-state index is 12.1. The summed E-state index contributed by atoms with van der Waals surface area (Å²) in [5.74, 6) is 3.58. The summed E-state index contributed by atoms with van der Waals surface area (Å²) < 4.78 is 0. The summed E-state index contributed by atoms with van der Waals surface area (Å²) in [6.07, 6.45) is 7.85. The van der Waals surface area contributed by atoms with E-state index in [1.807, 2.05) is 0 Å². The van der Waals surface area contributed by atoms with E-state index >= 15 is 0 Å². The predicted molar refractivity (Wildman–Crippen MR) is 72.1 cm³/mol. The number of carbonyl (C=O) groups is 1. The highest BCUT2D eigenvalue weighted by Gasteiger charge is 2.39. The molecule has 2 aliphatic carbocycles. The topological polar surface area (TPSA) is 41.1 Å². The van der Waals surface area contributed by atoms with Crippen LogP contribution in [0.15, 0.2) is 0 Å². The van der Waals surface area contributed by atoms with Crippen LogP contribution in [0, 0.1) is 23.7 Å². The van der Waals surface area contributed by atoms with Crippen molar-refractivity contribution < 1.29 is 4.79 Å². The zero-order valence-corrected chi connectivity index (χ0v) is 11.5. The summed E-state index contributed by atoms with van der Waals surface area (Å²) in [5, 5.41) is 6.54. The van der Waals surface area contributed by atoms with Gasteiger partial charge >= 0.3 is 0 Å². The first-order valence-electron chi connectivity index (χ1n) is 7.73. The zero-order valence-electron chi connectivity index (χ0n) is 11.5. The first-order valence-corrected chi connectivity index (χ1v) is 7.73. The van der Waals surface area contributed by atoms with Crippen LogP contribution in [0.3, 0.4) is 0 Å². The molecule has 3 nitrogen and oxygen atoms in total. The summed E-state index contributed by atoms with van der Waals surface area (Å²) in [7, 11) is 0. The number of amides is 1. The van der Waals surface area contributed by atoms with Gasteiger partial charge in [-0.1, -0.05) is 13.3 Å². The number of hydrogen-bond donors (Lipinski definition) is 2. The number of piperidine rings is 1. The van der Waals surface area contributed by atoms with Crippen LogP contribution in [0.4, 0.5) is 0 Å². The fourth-order valence-corrected chi connectivity index (χ4v) is 4.29. The molecule has 5 atom stereocenters. The van der Waals surface area contributed by atoms with Gasteiger partial charge in [-0.15, -0.1) is 0 Å². The van der Waals surface area contributed by atoms with Crippen molar-refractivity contribution in [3.05, 3.63) is 0 Å². The Morgan fingerprint density at radius 3 is 2.78 bits per heavy atom. The molecule has 0 aromatic carbocycles. The second-order valence-corrected chi connectivity index (χ2v) is 6.82. The lowest BCUT2D eigenvalue weighted by molar-refractivity contribution is -0.124. The molecule has 18 heavy (non-hydrogen) atoms. The molecule has 1 heterocycles. The minimum absolute atomic E-state index is 0.0624. The van der Waals surface area contributed by atoms with Crippen molar-refractivity contribution in [1.82, 2.24) is 10.6 Å². The Labute approximate surface area is 110 Å². The van der Waals surface area contributed by atoms with Gasteiger partial charge in [-0.25, -0.2) is 0 Å². The van der Waals surface area contributed by atoms with Gasteiger partial charge in [0.25, 0.3) is 0 Å². The van der Waals surface area contributed by atoms with Crippen molar-refractivity contribution in [3.63, 3.8) is 0 Å². The largest absolute Gasteiger partial charge is 0.354 e. The summed E-state index contributed by atoms with van der Waals surface area (Å²) in [5.41, 5.74) is 0. The quantitative estimate of drug-likeness (QED) is 0.803. The summed E-state index contributed by atoms with van der Waals surface area (Å²) >= 11 is 0. The summed E-state index contributed by atoms with van der Waals surface area (Å²) in [4.78, 5) is 12.1. The molecule has 2 bridgehead atoms. The smallest absolute Gasteiger partial charge is 0.237 e. The fourth-order valence-electron chi connectivity index (χ4n) is 4.29. The standard InChI is InChI=1S/C15H26N2O/c1-10-4-5-16-14(6-10)15(18)17-9-13-8-11-2-3-12(13)7-11/h10-14,16H,2-9H2,1H3,(H,17,18). The van der Waals surface area contributed by atoms with Crippen LogP contribution in [0.2, 0.25) is 0 Å². The van der Waals surface area contributed by atoms with E-state index in [1.54, 1.807) is 0 Å². The number of fused-ring (bicyclic) bond motifs is 2. The average Bonchev–Trinajstić information content (AvgIpc) is 2.98. The Kier molecular flexibility index (Phi) is 3.60. The summed E-state index contributed by atoms with van der Waals surface area (Å²) in [6.45, 7) is 4.16. The molecule has 2 N–H and O–H groups in total. The lowest BCUT2D eigenvalue weighted by atomic mass is 9.88. The summed E-state index contributed by atoms with van der Waals surface area (Å²) in [6, 6.07) is 0.0624. The van der Waals surface area contributed by atoms with Crippen LogP contribution in [0.1, 0.15) is 45.4 Å². The minimum Gasteiger partial charge on any atom is -0.354 e. The van der Waals surface area contributed by atoms with Gasteiger partial charge < -0.3 is 10.6 Å². The van der Waals surface area contributed by atoms with Gasteiger partial charge in [0, 0.05) is 6.54 Å². The van der Waals surface area contributed by atoms with Gasteiger partial charge in [0.05, 0.1) is 6.04 Å². The number of carbonyl (C=O) groups excluding carboxylic acids is 1. The third-order valence-corrected chi connectivity index (χ3v) is 5.41. The number of nitrogens with one attached hydrogen (secondary N) is 2. The third kappa shape index (κ3) is 2.56. The first kappa shape index (κ1) is 12.5. The molecule has 1 saturated heterocycles. The van der Waals surface area contributed by atoms with Gasteiger partial charge in [-0.3, -0.25) is 4.79 Å². The Balaban J connectivity index is 1.44. The van der Waals surface area contributed by atoms with Crippen molar-refractivity contribution in [1.29, 1.82) is 0 Å². The van der Waals surface area contributed by atoms with Crippen LogP contribution in [0.25, 0.3) is 0 Å². The molecule has 3 fully saturated rings. The molecule has 0 radical (unpaired) electrons. The molecular weight excluding hydrogens is 224 g/mol. The molecule has 3 rings (SSSR count). The molecule has 0 aromatic rings. The van der Waals surface area contributed by atoms with E-state index in [1.165, 1.54) is 32.1 Å². The van der Waals surface area contributed by atoms with Crippen molar-refractivity contribution in [3.8, 4) is 0 Å². The maximum absolute atomic E-state index is 12.1. The Bertz CT molecular complexity index is 318. The van der Waals surface area contributed by atoms with E-state index in [0.29, 0.717) is 5.92 Å². The molecule has 1 aliphatic heterocycles. The van der Waals surface area contributed by atoms with Crippen molar-refractivity contribution in [2.45, 2.75) is 51.5 Å². The second kappa shape index (κ2) is 5.20. The van der Waals surface area contributed by atoms with Crippen LogP contribution in [0.5, 0.6) is 0 Å². The molecule has 5 unspecified atom stereocenters. The normalized spacial score (nSPS) is 43.1. The highest BCUT2D eigenvalue weighted by molar-refractivity contribution is 5.81. The van der Waals surface area contributed by atoms with Crippen molar-refractivity contribution in [2.24, 2.45) is 23.7 Å². The van der Waals surface area contributed by atoms with Crippen LogP contribution in [-0.2, 0) is 4.79 Å². The molecule has 0 aromatic heterocycles. The fraction of sp³-hybridized carbons (Fsp3) is 0.933. The second-order valence-electron chi connectivity index (χ2n) is 6.82. The number of hydrogen-bond acceptors (Lipinski definition) is 2. The monoisotopic (exact) mass is 250 g/mol. The SMILES string of the molecule is CC1CCNC(C(=O)NCC2CC3CCC2C3)C1. The van der Waals surface area contributed by atoms with Crippen LogP contribution < -0.4 is 10.6 Å². The molecule has 102 valence electrons. The third-order valence-electron chi connectivity index (χ3n) is 5.41. The minimum atomic E-state index is 0.0624. The Morgan fingerprint density at radius 2 is 2.11 bits per heavy atom. The van der Waals surface area contributed by atoms with Gasteiger partial charge in [0.2, 0.25) is 5.91 Å². The molecule has 1 amide bonds. The first-order chi connectivity index (χ1) is 8.72. The van der Waals surface area contributed by atoms with Gasteiger partial charge in [-0.05, 0) is 62.3 Å². The van der Waals surface area contributed by atoms with Crippen LogP contribution in [-0.4, -0.2) is 25.0 Å². The van der Waals surface area contributed by atoms with E-state index in [-0.39, 0.29) is 11.9 Å². The van der Waals surface area contributed by atoms with E-state index in [9.17, 15) is 4.79 Å². The molecule has 3 aliphatic rings. The Morgan fingerprint density at radius 1 is 1.22 bits per heavy atom. The Hall–Kier alpha value is -0.570. The van der Waals surface area contributed by atoms with E-state index in [2.05, 4.69) is 17.6 Å². The lowest BCUT2D eigenvalue weighted by Gasteiger charge is -2.28. The molecule has 2 saturated carbocycles. The maximum Gasteiger partial charge on any atom is 0.237 e. The predicted octanol–water partition coefficient (Wildman–Crippen LogP) is 1.93. The van der Waals surface area contributed by atoms with Crippen molar-refractivity contribution in [2.75, 3.05) is 13.1 Å². The lowest BCUT2D eigenvalue weighted by Crippen LogP contribution is -2.49. The highest BCUT2D eigenvalue weighted by Crippen LogP contribution is 2.47. The van der Waals surface area contributed by atoms with Crippen molar-refractivity contribution >= 4 is 5.91 Å². The van der Waals surface area contributed by atoms with E-state index < -0.39 is 0 Å². The van der Waals surface area contributed by atoms with Gasteiger partial charge in [0.1, 0.15) is 0 Å². The van der Waals surface area contributed by atoms with Gasteiger partial charge in [0.15, 0.2) is 0 Å². The van der Waals surface area contributed by atoms with E-state index in [0.717, 1.165) is 37.3 Å².